The molecular weight excluding hydrogens is 775 g/mol. The number of para-hydroxylation sites is 2. The Kier molecular flexibility index (Phi) is 8.07. The van der Waals surface area contributed by atoms with Crippen LogP contribution in [-0.4, -0.2) is 0 Å². The number of benzene rings is 10. The van der Waals surface area contributed by atoms with E-state index < -0.39 is 10.8 Å². The highest BCUT2D eigenvalue weighted by molar-refractivity contribution is 6.06. The van der Waals surface area contributed by atoms with Gasteiger partial charge in [0.05, 0.1) is 16.5 Å². The van der Waals surface area contributed by atoms with Crippen molar-refractivity contribution < 1.29 is 4.42 Å². The summed E-state index contributed by atoms with van der Waals surface area (Å²) in [7, 11) is 0. The minimum Gasteiger partial charge on any atom is -0.456 e. The predicted molar refractivity (Wildman–Crippen MR) is 263 cm³/mol. The lowest BCUT2D eigenvalue weighted by Crippen LogP contribution is -2.44. The van der Waals surface area contributed by atoms with E-state index in [-0.39, 0.29) is 0 Å². The Bertz CT molecular complexity index is 3550. The third-order valence-electron chi connectivity index (χ3n) is 14.0. The maximum absolute atomic E-state index is 6.42. The van der Waals surface area contributed by atoms with Crippen LogP contribution in [0.1, 0.15) is 44.5 Å². The number of furan rings is 1. The smallest absolute Gasteiger partial charge is 0.135 e. The van der Waals surface area contributed by atoms with Crippen LogP contribution in [0, 0.1) is 0 Å². The molecule has 2 atom stereocenters. The van der Waals surface area contributed by atoms with Crippen molar-refractivity contribution in [2.24, 2.45) is 0 Å². The molecule has 1 aromatic heterocycles. The number of anilines is 3. The first-order valence-electron chi connectivity index (χ1n) is 22.2. The molecule has 0 N–H and O–H groups in total. The van der Waals surface area contributed by atoms with Gasteiger partial charge in [0.25, 0.3) is 0 Å². The number of nitrogens with zero attached hydrogens (tertiary/aromatic N) is 1. The molecule has 2 nitrogen and oxygen atoms in total. The van der Waals surface area contributed by atoms with Crippen LogP contribution in [0.25, 0.3) is 44.2 Å². The number of rotatable bonds is 7. The molecule has 10 aromatic carbocycles. The van der Waals surface area contributed by atoms with Gasteiger partial charge in [-0.25, -0.2) is 0 Å². The van der Waals surface area contributed by atoms with E-state index in [4.69, 9.17) is 4.42 Å². The first kappa shape index (κ1) is 36.5. The summed E-state index contributed by atoms with van der Waals surface area (Å²) >= 11 is 0. The van der Waals surface area contributed by atoms with Crippen molar-refractivity contribution in [1.82, 2.24) is 0 Å². The molecule has 300 valence electrons. The summed E-state index contributed by atoms with van der Waals surface area (Å²) in [5, 5.41) is 2.19. The van der Waals surface area contributed by atoms with Crippen molar-refractivity contribution in [2.45, 2.75) is 10.8 Å². The van der Waals surface area contributed by atoms with Crippen molar-refractivity contribution in [3.63, 3.8) is 0 Å². The topological polar surface area (TPSA) is 16.4 Å². The van der Waals surface area contributed by atoms with Crippen molar-refractivity contribution in [2.75, 3.05) is 4.90 Å². The van der Waals surface area contributed by atoms with Crippen LogP contribution >= 0.6 is 0 Å². The summed E-state index contributed by atoms with van der Waals surface area (Å²) in [4.78, 5) is 2.47. The van der Waals surface area contributed by atoms with Crippen LogP contribution in [0.4, 0.5) is 17.1 Å². The van der Waals surface area contributed by atoms with Gasteiger partial charge in [-0.05, 0) is 109 Å². The van der Waals surface area contributed by atoms with Crippen LogP contribution in [0.15, 0.2) is 253 Å². The van der Waals surface area contributed by atoms with Gasteiger partial charge in [-0.15, -0.1) is 0 Å². The molecule has 2 unspecified atom stereocenters. The zero-order valence-electron chi connectivity index (χ0n) is 35.0. The van der Waals surface area contributed by atoms with Crippen LogP contribution in [-0.2, 0) is 10.8 Å². The van der Waals surface area contributed by atoms with Gasteiger partial charge in [0.2, 0.25) is 0 Å². The fraction of sp³-hybridized carbons (Fsp3) is 0.0323. The quantitative estimate of drug-likeness (QED) is 0.159. The Labute approximate surface area is 373 Å². The monoisotopic (exact) mass is 815 g/mol. The van der Waals surface area contributed by atoms with E-state index in [0.717, 1.165) is 39.0 Å². The van der Waals surface area contributed by atoms with Crippen LogP contribution in [0.5, 0.6) is 0 Å². The lowest BCUT2D eigenvalue weighted by Gasteiger charge is -2.50. The summed E-state index contributed by atoms with van der Waals surface area (Å²) in [6.07, 6.45) is 0. The van der Waals surface area contributed by atoms with Gasteiger partial charge in [-0.2, -0.15) is 0 Å². The second-order valence-electron chi connectivity index (χ2n) is 17.1. The molecule has 2 aliphatic carbocycles. The Hall–Kier alpha value is -8.20. The van der Waals surface area contributed by atoms with Gasteiger partial charge in [0, 0.05) is 22.1 Å². The highest BCUT2D eigenvalue weighted by Gasteiger charge is 2.58. The van der Waals surface area contributed by atoms with Crippen molar-refractivity contribution in [1.29, 1.82) is 0 Å². The molecule has 0 saturated heterocycles. The maximum atomic E-state index is 6.42. The molecule has 11 aromatic rings. The summed E-state index contributed by atoms with van der Waals surface area (Å²) in [6, 6.07) is 91.7. The average molecular weight is 816 g/mol. The highest BCUT2D eigenvalue weighted by Crippen LogP contribution is 2.66. The molecular formula is C62H41NO. The SMILES string of the molecule is c1ccc(-c2ccc(N(c3ccc4oc5ccccc5c4c3)c3ccccc3C3(c4ccccc4)c4ccccc4C4(c5ccccc5)c5ccccc5-c5cccc3c54)cc2)cc1. The van der Waals surface area contributed by atoms with E-state index in [2.05, 4.69) is 248 Å². The molecule has 0 amide bonds. The van der Waals surface area contributed by atoms with E-state index in [1.807, 2.05) is 6.07 Å². The number of hydrogen-bond donors (Lipinski definition) is 0. The fourth-order valence-corrected chi connectivity index (χ4v) is 11.5. The number of hydrogen-bond acceptors (Lipinski definition) is 2. The zero-order chi connectivity index (χ0) is 42.2. The Morgan fingerprint density at radius 1 is 0.312 bits per heavy atom. The largest absolute Gasteiger partial charge is 0.456 e. The molecule has 0 radical (unpaired) electrons. The molecule has 0 aliphatic heterocycles. The fourth-order valence-electron chi connectivity index (χ4n) is 11.5. The van der Waals surface area contributed by atoms with Gasteiger partial charge in [-0.1, -0.05) is 206 Å². The van der Waals surface area contributed by atoms with E-state index in [1.165, 1.54) is 66.8 Å². The Balaban J connectivity index is 1.15. The van der Waals surface area contributed by atoms with Crippen molar-refractivity contribution in [3.8, 4) is 22.3 Å². The molecule has 2 aliphatic rings. The van der Waals surface area contributed by atoms with Crippen LogP contribution < -0.4 is 4.90 Å². The van der Waals surface area contributed by atoms with E-state index in [0.29, 0.717) is 0 Å². The van der Waals surface area contributed by atoms with Gasteiger partial charge in [0.1, 0.15) is 11.2 Å². The predicted octanol–water partition coefficient (Wildman–Crippen LogP) is 15.8. The second-order valence-corrected chi connectivity index (χ2v) is 17.1. The molecule has 0 bridgehead atoms. The highest BCUT2D eigenvalue weighted by atomic mass is 16.3. The van der Waals surface area contributed by atoms with Crippen LogP contribution in [0.2, 0.25) is 0 Å². The first-order chi connectivity index (χ1) is 31.8. The summed E-state index contributed by atoms with van der Waals surface area (Å²) < 4.78 is 6.42. The van der Waals surface area contributed by atoms with Crippen molar-refractivity contribution >= 4 is 39.0 Å². The lowest BCUT2D eigenvalue weighted by atomic mass is 9.51. The summed E-state index contributed by atoms with van der Waals surface area (Å²) in [6.45, 7) is 0. The van der Waals surface area contributed by atoms with Gasteiger partial charge >= 0.3 is 0 Å². The standard InChI is InChI=1S/C62H41NO/c1-4-19-42(20-5-1)43-35-37-46(38-36-43)63(47-39-40-59-51(41-47)49-26-11-17-34-58(49)64-59)57-33-16-15-31-55(57)61(44-21-6-2-7-22-44)53-29-13-14-30-54(53)62(45-23-8-3-9-24-45)52-28-12-10-25-48(52)50-27-18-32-56(61)60(50)62/h1-41H. The average Bonchev–Trinajstić information content (AvgIpc) is 3.90. The molecule has 13 rings (SSSR count). The summed E-state index contributed by atoms with van der Waals surface area (Å²) in [5.41, 5.74) is 18.9. The minimum atomic E-state index is -0.741. The summed E-state index contributed by atoms with van der Waals surface area (Å²) in [5.74, 6) is 0. The molecule has 2 heteroatoms. The van der Waals surface area contributed by atoms with Crippen molar-refractivity contribution in [3.05, 3.63) is 293 Å². The Morgan fingerprint density at radius 2 is 0.828 bits per heavy atom. The molecule has 0 saturated carbocycles. The number of fused-ring (bicyclic) bond motifs is 8. The normalized spacial score (nSPS) is 16.9. The molecule has 0 spiro atoms. The van der Waals surface area contributed by atoms with Crippen LogP contribution in [0.3, 0.4) is 0 Å². The van der Waals surface area contributed by atoms with E-state index in [9.17, 15) is 0 Å². The molecule has 1 heterocycles. The van der Waals surface area contributed by atoms with Gasteiger partial charge in [-0.3, -0.25) is 0 Å². The van der Waals surface area contributed by atoms with Gasteiger partial charge < -0.3 is 9.32 Å². The first-order valence-corrected chi connectivity index (χ1v) is 22.2. The van der Waals surface area contributed by atoms with E-state index >= 15 is 0 Å². The minimum absolute atomic E-state index is 0.534. The third-order valence-corrected chi connectivity index (χ3v) is 14.0. The molecule has 64 heavy (non-hydrogen) atoms. The molecule has 0 fully saturated rings. The lowest BCUT2D eigenvalue weighted by molar-refractivity contribution is 0.627. The third kappa shape index (κ3) is 5.02. The maximum Gasteiger partial charge on any atom is 0.135 e. The van der Waals surface area contributed by atoms with E-state index in [1.54, 1.807) is 0 Å². The Morgan fingerprint density at radius 3 is 1.58 bits per heavy atom. The zero-order valence-corrected chi connectivity index (χ0v) is 35.0. The second kappa shape index (κ2) is 14.2. The van der Waals surface area contributed by atoms with Gasteiger partial charge in [0.15, 0.2) is 0 Å².